The minimum atomic E-state index is 0.211. The lowest BCUT2D eigenvalue weighted by Crippen LogP contribution is -1.77. The zero-order chi connectivity index (χ0) is 7.11. The molecule has 0 aromatic heterocycles. The predicted octanol–water partition coefficient (Wildman–Crippen LogP) is 1.34. The molecule has 0 rings (SSSR count). The number of hydrogen-bond acceptors (Lipinski definition) is 1. The van der Waals surface area contributed by atoms with Crippen molar-refractivity contribution in [3.8, 4) is 11.8 Å². The van der Waals surface area contributed by atoms with Crippen molar-refractivity contribution in [2.24, 2.45) is 0 Å². The second-order valence-electron chi connectivity index (χ2n) is 1.77. The Balaban J connectivity index is 3.65. The fourth-order valence-corrected chi connectivity index (χ4v) is 0.529. The molecule has 0 aliphatic heterocycles. The summed E-state index contributed by atoms with van der Waals surface area (Å²) in [6.45, 7) is 3.95. The van der Waals surface area contributed by atoms with Crippen LogP contribution in [0.4, 0.5) is 0 Å². The van der Waals surface area contributed by atoms with E-state index in [1.165, 1.54) is 0 Å². The average molecular weight is 124 g/mol. The first-order valence-electron chi connectivity index (χ1n) is 3.01. The molecule has 0 aliphatic carbocycles. The fourth-order valence-electron chi connectivity index (χ4n) is 0.529. The van der Waals surface area contributed by atoms with Gasteiger partial charge < -0.3 is 5.11 Å². The molecule has 50 valence electrons. The first-order valence-corrected chi connectivity index (χ1v) is 3.01. The van der Waals surface area contributed by atoms with E-state index in [-0.39, 0.29) is 6.61 Å². The number of hydrogen-bond donors (Lipinski definition) is 1. The Morgan fingerprint density at radius 2 is 2.33 bits per heavy atom. The van der Waals surface area contributed by atoms with Gasteiger partial charge in [0, 0.05) is 6.61 Å². The molecule has 0 unspecified atom stereocenters. The SMILES string of the molecule is CC#CC(C)=CCCO. The van der Waals surface area contributed by atoms with Crippen LogP contribution in [0.15, 0.2) is 11.6 Å². The van der Waals surface area contributed by atoms with Crippen LogP contribution in [0, 0.1) is 11.8 Å². The van der Waals surface area contributed by atoms with E-state index in [0.29, 0.717) is 6.42 Å². The molecule has 0 saturated heterocycles. The van der Waals surface area contributed by atoms with Gasteiger partial charge in [0.2, 0.25) is 0 Å². The van der Waals surface area contributed by atoms with Crippen LogP contribution in [0.2, 0.25) is 0 Å². The van der Waals surface area contributed by atoms with E-state index in [1.54, 1.807) is 6.92 Å². The average Bonchev–Trinajstić information content (AvgIpc) is 1.85. The first kappa shape index (κ1) is 8.26. The fraction of sp³-hybridized carbons (Fsp3) is 0.500. The van der Waals surface area contributed by atoms with Crippen molar-refractivity contribution >= 4 is 0 Å². The summed E-state index contributed by atoms with van der Waals surface area (Å²) in [5.41, 5.74) is 1.03. The molecule has 1 N–H and O–H groups in total. The van der Waals surface area contributed by atoms with E-state index in [1.807, 2.05) is 13.0 Å². The third kappa shape index (κ3) is 5.13. The van der Waals surface area contributed by atoms with Crippen molar-refractivity contribution in [3.63, 3.8) is 0 Å². The Kier molecular flexibility index (Phi) is 4.95. The monoisotopic (exact) mass is 124 g/mol. The third-order valence-electron chi connectivity index (χ3n) is 0.902. The molecule has 1 heteroatoms. The minimum Gasteiger partial charge on any atom is -0.396 e. The van der Waals surface area contributed by atoms with E-state index >= 15 is 0 Å². The van der Waals surface area contributed by atoms with Crippen molar-refractivity contribution in [2.45, 2.75) is 20.3 Å². The van der Waals surface area contributed by atoms with Crippen LogP contribution in [-0.4, -0.2) is 11.7 Å². The molecular formula is C8H12O. The normalized spacial score (nSPS) is 10.3. The number of rotatable bonds is 2. The molecule has 1 nitrogen and oxygen atoms in total. The lowest BCUT2D eigenvalue weighted by molar-refractivity contribution is 0.302. The zero-order valence-electron chi connectivity index (χ0n) is 5.94. The molecule has 0 aromatic rings. The van der Waals surface area contributed by atoms with Crippen molar-refractivity contribution in [1.82, 2.24) is 0 Å². The van der Waals surface area contributed by atoms with Gasteiger partial charge in [-0.15, -0.1) is 5.92 Å². The maximum absolute atomic E-state index is 8.39. The first-order chi connectivity index (χ1) is 4.31. The van der Waals surface area contributed by atoms with Crippen molar-refractivity contribution in [2.75, 3.05) is 6.61 Å². The summed E-state index contributed by atoms with van der Waals surface area (Å²) in [6.07, 6.45) is 2.64. The van der Waals surface area contributed by atoms with Crippen LogP contribution in [0.5, 0.6) is 0 Å². The van der Waals surface area contributed by atoms with Gasteiger partial charge in [-0.05, 0) is 25.8 Å². The van der Waals surface area contributed by atoms with Gasteiger partial charge in [-0.25, -0.2) is 0 Å². The summed E-state index contributed by atoms with van der Waals surface area (Å²) in [5.74, 6) is 5.66. The topological polar surface area (TPSA) is 20.2 Å². The largest absolute Gasteiger partial charge is 0.396 e. The van der Waals surface area contributed by atoms with Crippen molar-refractivity contribution in [1.29, 1.82) is 0 Å². The third-order valence-corrected chi connectivity index (χ3v) is 0.902. The smallest absolute Gasteiger partial charge is 0.0465 e. The van der Waals surface area contributed by atoms with Crippen molar-refractivity contribution < 1.29 is 5.11 Å². The van der Waals surface area contributed by atoms with Gasteiger partial charge in [-0.1, -0.05) is 12.0 Å². The van der Waals surface area contributed by atoms with Crippen LogP contribution in [-0.2, 0) is 0 Å². The molecule has 0 spiro atoms. The van der Waals surface area contributed by atoms with E-state index in [9.17, 15) is 0 Å². The minimum absolute atomic E-state index is 0.211. The quantitative estimate of drug-likeness (QED) is 0.551. The molecule has 0 amide bonds. The molecule has 0 heterocycles. The summed E-state index contributed by atoms with van der Waals surface area (Å²) in [5, 5.41) is 8.39. The maximum atomic E-state index is 8.39. The van der Waals surface area contributed by atoms with Gasteiger partial charge in [0.15, 0.2) is 0 Å². The summed E-state index contributed by atoms with van der Waals surface area (Å²) in [7, 11) is 0. The summed E-state index contributed by atoms with van der Waals surface area (Å²) < 4.78 is 0. The van der Waals surface area contributed by atoms with Crippen LogP contribution >= 0.6 is 0 Å². The van der Waals surface area contributed by atoms with Gasteiger partial charge in [0.25, 0.3) is 0 Å². The molecule has 0 radical (unpaired) electrons. The van der Waals surface area contributed by atoms with Crippen LogP contribution < -0.4 is 0 Å². The zero-order valence-corrected chi connectivity index (χ0v) is 5.94. The lowest BCUT2D eigenvalue weighted by Gasteiger charge is -1.85. The lowest BCUT2D eigenvalue weighted by atomic mass is 10.2. The van der Waals surface area contributed by atoms with Gasteiger partial charge >= 0.3 is 0 Å². The highest BCUT2D eigenvalue weighted by Crippen LogP contribution is 1.91. The number of aliphatic hydroxyl groups is 1. The molecule has 9 heavy (non-hydrogen) atoms. The van der Waals surface area contributed by atoms with Gasteiger partial charge in [-0.3, -0.25) is 0 Å². The Morgan fingerprint density at radius 1 is 1.67 bits per heavy atom. The summed E-state index contributed by atoms with van der Waals surface area (Å²) >= 11 is 0. The Hall–Kier alpha value is -0.740. The van der Waals surface area contributed by atoms with Crippen LogP contribution in [0.1, 0.15) is 20.3 Å². The molecule has 0 bridgehead atoms. The Morgan fingerprint density at radius 3 is 2.78 bits per heavy atom. The van der Waals surface area contributed by atoms with Gasteiger partial charge in [0.1, 0.15) is 0 Å². The highest BCUT2D eigenvalue weighted by atomic mass is 16.2. The van der Waals surface area contributed by atoms with Crippen LogP contribution in [0.25, 0.3) is 0 Å². The molecule has 0 aliphatic rings. The molecule has 0 atom stereocenters. The Bertz CT molecular complexity index is 146. The van der Waals surface area contributed by atoms with E-state index < -0.39 is 0 Å². The summed E-state index contributed by atoms with van der Waals surface area (Å²) in [6, 6.07) is 0. The molecule has 0 fully saturated rings. The Labute approximate surface area is 56.4 Å². The second-order valence-corrected chi connectivity index (χ2v) is 1.77. The highest BCUT2D eigenvalue weighted by molar-refractivity contribution is 5.25. The van der Waals surface area contributed by atoms with E-state index in [0.717, 1.165) is 5.57 Å². The predicted molar refractivity (Wildman–Crippen MR) is 38.9 cm³/mol. The maximum Gasteiger partial charge on any atom is 0.0465 e. The second kappa shape index (κ2) is 5.40. The highest BCUT2D eigenvalue weighted by Gasteiger charge is 1.78. The molecular weight excluding hydrogens is 112 g/mol. The molecule has 0 saturated carbocycles. The van der Waals surface area contributed by atoms with Crippen LogP contribution in [0.3, 0.4) is 0 Å². The number of allylic oxidation sites excluding steroid dienone is 1. The van der Waals surface area contributed by atoms with E-state index in [2.05, 4.69) is 11.8 Å². The molecule has 0 aromatic carbocycles. The van der Waals surface area contributed by atoms with Gasteiger partial charge in [0.05, 0.1) is 0 Å². The standard InChI is InChI=1S/C8H12O/c1-3-5-8(2)6-4-7-9/h6,9H,4,7H2,1-2H3. The number of aliphatic hydroxyl groups excluding tert-OH is 1. The van der Waals surface area contributed by atoms with Crippen molar-refractivity contribution in [3.05, 3.63) is 11.6 Å². The van der Waals surface area contributed by atoms with E-state index in [4.69, 9.17) is 5.11 Å². The summed E-state index contributed by atoms with van der Waals surface area (Å²) in [4.78, 5) is 0. The van der Waals surface area contributed by atoms with Gasteiger partial charge in [-0.2, -0.15) is 0 Å².